The van der Waals surface area contributed by atoms with E-state index >= 15 is 0 Å². The minimum atomic E-state index is 0.376. The maximum atomic E-state index is 5.05. The zero-order valence-electron chi connectivity index (χ0n) is 10.9. The third kappa shape index (κ3) is 2.77. The van der Waals surface area contributed by atoms with Gasteiger partial charge in [-0.05, 0) is 11.6 Å². The summed E-state index contributed by atoms with van der Waals surface area (Å²) in [7, 11) is 1.70. The zero-order valence-corrected chi connectivity index (χ0v) is 11.7. The van der Waals surface area contributed by atoms with Gasteiger partial charge in [0.1, 0.15) is 0 Å². The van der Waals surface area contributed by atoms with Crippen molar-refractivity contribution in [2.45, 2.75) is 17.5 Å². The zero-order chi connectivity index (χ0) is 13.1. The number of hydrogen-bond acceptors (Lipinski definition) is 4. The number of rotatable bonds is 5. The van der Waals surface area contributed by atoms with Crippen LogP contribution in [0.3, 0.4) is 0 Å². The van der Waals surface area contributed by atoms with Crippen LogP contribution in [0.4, 0.5) is 5.69 Å². The Morgan fingerprint density at radius 2 is 2.37 bits per heavy atom. The molecule has 2 aromatic rings. The van der Waals surface area contributed by atoms with E-state index in [1.165, 1.54) is 10.5 Å². The molecule has 1 aliphatic rings. The van der Waals surface area contributed by atoms with E-state index in [0.29, 0.717) is 12.6 Å². The Morgan fingerprint density at radius 3 is 3.26 bits per heavy atom. The average Bonchev–Trinajstić information content (AvgIpc) is 3.05. The second kappa shape index (κ2) is 5.67. The molecular formula is C14H17N3OS. The molecule has 0 aliphatic carbocycles. The van der Waals surface area contributed by atoms with E-state index in [4.69, 9.17) is 4.74 Å². The predicted molar refractivity (Wildman–Crippen MR) is 77.6 cm³/mol. The van der Waals surface area contributed by atoms with Crippen molar-refractivity contribution in [1.29, 1.82) is 0 Å². The van der Waals surface area contributed by atoms with Crippen LogP contribution in [0.15, 0.2) is 41.6 Å². The maximum absolute atomic E-state index is 5.05. The summed E-state index contributed by atoms with van der Waals surface area (Å²) in [5, 5.41) is 7.87. The van der Waals surface area contributed by atoms with Crippen LogP contribution >= 0.6 is 11.8 Å². The van der Waals surface area contributed by atoms with E-state index in [-0.39, 0.29) is 0 Å². The molecule has 0 radical (unpaired) electrons. The monoisotopic (exact) mass is 275 g/mol. The molecule has 2 heterocycles. The second-order valence-corrected chi connectivity index (χ2v) is 5.59. The van der Waals surface area contributed by atoms with Crippen molar-refractivity contribution in [1.82, 2.24) is 9.78 Å². The van der Waals surface area contributed by atoms with E-state index in [2.05, 4.69) is 34.7 Å². The largest absolute Gasteiger partial charge is 0.383 e. The smallest absolute Gasteiger partial charge is 0.0731 e. The molecule has 1 unspecified atom stereocenters. The Morgan fingerprint density at radius 1 is 1.47 bits per heavy atom. The first-order valence-corrected chi connectivity index (χ1v) is 7.35. The molecular weight excluding hydrogens is 258 g/mol. The first-order valence-electron chi connectivity index (χ1n) is 6.36. The summed E-state index contributed by atoms with van der Waals surface area (Å²) < 4.78 is 6.95. The van der Waals surface area contributed by atoms with Crippen molar-refractivity contribution in [2.24, 2.45) is 0 Å². The van der Waals surface area contributed by atoms with Crippen LogP contribution in [0.5, 0.6) is 0 Å². The number of thioether (sulfide) groups is 1. The third-order valence-corrected chi connectivity index (χ3v) is 4.38. The van der Waals surface area contributed by atoms with E-state index in [1.54, 1.807) is 7.11 Å². The molecule has 0 saturated carbocycles. The Labute approximate surface area is 117 Å². The number of nitrogens with one attached hydrogen (secondary N) is 1. The highest BCUT2D eigenvalue weighted by atomic mass is 32.2. The molecule has 5 heteroatoms. The highest BCUT2D eigenvalue weighted by molar-refractivity contribution is 7.99. The van der Waals surface area contributed by atoms with Gasteiger partial charge in [0, 0.05) is 24.0 Å². The van der Waals surface area contributed by atoms with Gasteiger partial charge in [0.25, 0.3) is 0 Å². The van der Waals surface area contributed by atoms with Gasteiger partial charge in [-0.15, -0.1) is 11.8 Å². The molecule has 0 amide bonds. The number of anilines is 1. The third-order valence-electron chi connectivity index (χ3n) is 3.20. The van der Waals surface area contributed by atoms with Crippen LogP contribution < -0.4 is 5.32 Å². The average molecular weight is 275 g/mol. The first-order chi connectivity index (χ1) is 9.36. The van der Waals surface area contributed by atoms with Gasteiger partial charge in [-0.25, -0.2) is 0 Å². The van der Waals surface area contributed by atoms with E-state index in [0.717, 1.165) is 18.0 Å². The van der Waals surface area contributed by atoms with Crippen LogP contribution in [0.1, 0.15) is 11.6 Å². The van der Waals surface area contributed by atoms with Gasteiger partial charge in [0.15, 0.2) is 0 Å². The number of ether oxygens (including phenoxy) is 1. The SMILES string of the molecule is COCCn1cc(NC2CSc3ccccc32)cn1. The lowest BCUT2D eigenvalue weighted by molar-refractivity contribution is 0.183. The van der Waals surface area contributed by atoms with E-state index < -0.39 is 0 Å². The van der Waals surface area contributed by atoms with Gasteiger partial charge < -0.3 is 10.1 Å². The standard InChI is InChI=1S/C14H17N3OS/c1-18-7-6-17-9-11(8-15-17)16-13-10-19-14-5-3-2-4-12(13)14/h2-5,8-9,13,16H,6-7,10H2,1H3. The van der Waals surface area contributed by atoms with Crippen molar-refractivity contribution in [3.63, 3.8) is 0 Å². The van der Waals surface area contributed by atoms with Gasteiger partial charge in [-0.1, -0.05) is 18.2 Å². The van der Waals surface area contributed by atoms with Crippen LogP contribution in [0.2, 0.25) is 0 Å². The fraction of sp³-hybridized carbons (Fsp3) is 0.357. The molecule has 4 nitrogen and oxygen atoms in total. The number of hydrogen-bond donors (Lipinski definition) is 1. The lowest BCUT2D eigenvalue weighted by Crippen LogP contribution is -2.09. The molecule has 1 aromatic heterocycles. The molecule has 0 spiro atoms. The molecule has 1 aromatic carbocycles. The summed E-state index contributed by atoms with van der Waals surface area (Å²) in [6, 6.07) is 8.95. The lowest BCUT2D eigenvalue weighted by Gasteiger charge is -2.12. The number of methoxy groups -OCH3 is 1. The number of nitrogens with zero attached hydrogens (tertiary/aromatic N) is 2. The fourth-order valence-corrected chi connectivity index (χ4v) is 3.39. The van der Waals surface area contributed by atoms with Gasteiger partial charge >= 0.3 is 0 Å². The Bertz CT molecular complexity index is 555. The first kappa shape index (κ1) is 12.6. The normalized spacial score (nSPS) is 17.4. The van der Waals surface area contributed by atoms with Crippen LogP contribution in [0, 0.1) is 0 Å². The number of benzene rings is 1. The highest BCUT2D eigenvalue weighted by Gasteiger charge is 2.22. The van der Waals surface area contributed by atoms with E-state index in [1.807, 2.05) is 28.8 Å². The molecule has 1 aliphatic heterocycles. The van der Waals surface area contributed by atoms with Crippen LogP contribution in [-0.2, 0) is 11.3 Å². The quantitative estimate of drug-likeness (QED) is 0.910. The Kier molecular flexibility index (Phi) is 3.75. The highest BCUT2D eigenvalue weighted by Crippen LogP contribution is 2.39. The van der Waals surface area contributed by atoms with Crippen molar-refractivity contribution in [3.05, 3.63) is 42.2 Å². The minimum absolute atomic E-state index is 0.376. The van der Waals surface area contributed by atoms with Crippen molar-refractivity contribution in [3.8, 4) is 0 Å². The van der Waals surface area contributed by atoms with Gasteiger partial charge in [0.2, 0.25) is 0 Å². The summed E-state index contributed by atoms with van der Waals surface area (Å²) in [4.78, 5) is 1.38. The molecule has 100 valence electrons. The Hall–Kier alpha value is -1.46. The molecule has 1 N–H and O–H groups in total. The predicted octanol–water partition coefficient (Wildman–Crippen LogP) is 2.79. The van der Waals surface area contributed by atoms with Gasteiger partial charge in [-0.3, -0.25) is 4.68 Å². The number of fused-ring (bicyclic) bond motifs is 1. The molecule has 0 bridgehead atoms. The number of aromatic nitrogens is 2. The molecule has 1 atom stereocenters. The van der Waals surface area contributed by atoms with Crippen LogP contribution in [-0.4, -0.2) is 29.3 Å². The van der Waals surface area contributed by atoms with Gasteiger partial charge in [0.05, 0.1) is 31.1 Å². The second-order valence-electron chi connectivity index (χ2n) is 4.53. The van der Waals surface area contributed by atoms with Crippen molar-refractivity contribution >= 4 is 17.4 Å². The lowest BCUT2D eigenvalue weighted by atomic mass is 10.1. The molecule has 19 heavy (non-hydrogen) atoms. The van der Waals surface area contributed by atoms with Crippen LogP contribution in [0.25, 0.3) is 0 Å². The minimum Gasteiger partial charge on any atom is -0.383 e. The molecule has 0 fully saturated rings. The summed E-state index contributed by atoms with van der Waals surface area (Å²) in [6.45, 7) is 1.47. The topological polar surface area (TPSA) is 39.1 Å². The molecule has 3 rings (SSSR count). The Balaban J connectivity index is 1.68. The summed E-state index contributed by atoms with van der Waals surface area (Å²) >= 11 is 1.91. The summed E-state index contributed by atoms with van der Waals surface area (Å²) in [6.07, 6.45) is 3.91. The van der Waals surface area contributed by atoms with E-state index in [9.17, 15) is 0 Å². The van der Waals surface area contributed by atoms with Gasteiger partial charge in [-0.2, -0.15) is 5.10 Å². The van der Waals surface area contributed by atoms with Crippen molar-refractivity contribution in [2.75, 3.05) is 24.8 Å². The fourth-order valence-electron chi connectivity index (χ4n) is 2.23. The summed E-state index contributed by atoms with van der Waals surface area (Å²) in [5.74, 6) is 1.07. The maximum Gasteiger partial charge on any atom is 0.0731 e. The molecule has 0 saturated heterocycles. The van der Waals surface area contributed by atoms with Crippen molar-refractivity contribution < 1.29 is 4.74 Å². The summed E-state index contributed by atoms with van der Waals surface area (Å²) in [5.41, 5.74) is 2.45.